The van der Waals surface area contributed by atoms with Crippen LogP contribution >= 0.6 is 0 Å². The smallest absolute Gasteiger partial charge is 0.303 e. The van der Waals surface area contributed by atoms with Gasteiger partial charge in [-0.05, 0) is 12.8 Å². The van der Waals surface area contributed by atoms with Crippen LogP contribution in [0.25, 0.3) is 0 Å². The SMILES string of the molecule is COCC(C)C(=O)NCCCCCCC(=O)O. The molecule has 1 amide bonds. The van der Waals surface area contributed by atoms with Crippen molar-refractivity contribution in [3.05, 3.63) is 0 Å². The first-order chi connectivity index (χ1) is 8.07. The molecule has 0 aromatic rings. The van der Waals surface area contributed by atoms with Gasteiger partial charge in [0.05, 0.1) is 12.5 Å². The summed E-state index contributed by atoms with van der Waals surface area (Å²) in [6.07, 6.45) is 3.69. The number of carbonyl (C=O) groups excluding carboxylic acids is 1. The number of carboxylic acids is 1. The Labute approximate surface area is 103 Å². The molecule has 0 aliphatic heterocycles. The van der Waals surface area contributed by atoms with Crippen LogP contribution in [0.2, 0.25) is 0 Å². The summed E-state index contributed by atoms with van der Waals surface area (Å²) in [4.78, 5) is 21.7. The van der Waals surface area contributed by atoms with Gasteiger partial charge >= 0.3 is 5.97 Å². The molecular formula is C12H23NO4. The fourth-order valence-electron chi connectivity index (χ4n) is 1.47. The van der Waals surface area contributed by atoms with Crippen molar-refractivity contribution in [3.8, 4) is 0 Å². The van der Waals surface area contributed by atoms with E-state index in [4.69, 9.17) is 9.84 Å². The molecule has 1 atom stereocenters. The number of methoxy groups -OCH3 is 1. The number of hydrogen-bond donors (Lipinski definition) is 2. The molecule has 5 heteroatoms. The number of amides is 1. The molecule has 0 aromatic heterocycles. The molecule has 0 spiro atoms. The van der Waals surface area contributed by atoms with Crippen LogP contribution < -0.4 is 5.32 Å². The second-order valence-corrected chi connectivity index (χ2v) is 4.21. The van der Waals surface area contributed by atoms with E-state index >= 15 is 0 Å². The molecule has 0 saturated heterocycles. The van der Waals surface area contributed by atoms with E-state index < -0.39 is 5.97 Å². The Morgan fingerprint density at radius 3 is 2.47 bits per heavy atom. The third kappa shape index (κ3) is 9.81. The highest BCUT2D eigenvalue weighted by Gasteiger charge is 2.10. The summed E-state index contributed by atoms with van der Waals surface area (Å²) in [5.74, 6) is -0.851. The van der Waals surface area contributed by atoms with E-state index in [9.17, 15) is 9.59 Å². The lowest BCUT2D eigenvalue weighted by Crippen LogP contribution is -2.32. The summed E-state index contributed by atoms with van der Waals surface area (Å²) in [7, 11) is 1.58. The molecule has 100 valence electrons. The second kappa shape index (κ2) is 10.1. The van der Waals surface area contributed by atoms with Crippen LogP contribution in [0.5, 0.6) is 0 Å². The summed E-state index contributed by atoms with van der Waals surface area (Å²) in [5, 5.41) is 11.3. The van der Waals surface area contributed by atoms with E-state index in [-0.39, 0.29) is 18.2 Å². The summed E-state index contributed by atoms with van der Waals surface area (Å²) < 4.78 is 4.89. The zero-order valence-corrected chi connectivity index (χ0v) is 10.7. The van der Waals surface area contributed by atoms with Crippen molar-refractivity contribution >= 4 is 11.9 Å². The van der Waals surface area contributed by atoms with Crippen LogP contribution in [-0.4, -0.2) is 37.2 Å². The number of aliphatic carboxylic acids is 1. The Kier molecular flexibility index (Phi) is 9.43. The second-order valence-electron chi connectivity index (χ2n) is 4.21. The zero-order chi connectivity index (χ0) is 13.1. The van der Waals surface area contributed by atoms with E-state index in [2.05, 4.69) is 5.32 Å². The molecule has 0 aliphatic rings. The van der Waals surface area contributed by atoms with Crippen LogP contribution in [0.3, 0.4) is 0 Å². The van der Waals surface area contributed by atoms with Gasteiger partial charge in [-0.15, -0.1) is 0 Å². The number of hydrogen-bond acceptors (Lipinski definition) is 3. The minimum Gasteiger partial charge on any atom is -0.481 e. The minimum atomic E-state index is -0.744. The Hall–Kier alpha value is -1.10. The van der Waals surface area contributed by atoms with Gasteiger partial charge in [-0.3, -0.25) is 9.59 Å². The predicted molar refractivity (Wildman–Crippen MR) is 64.8 cm³/mol. The highest BCUT2D eigenvalue weighted by Crippen LogP contribution is 2.02. The standard InChI is InChI=1S/C12H23NO4/c1-10(9-17-2)12(16)13-8-6-4-3-5-7-11(14)15/h10H,3-9H2,1-2H3,(H,13,16)(H,14,15). The van der Waals surface area contributed by atoms with Crippen LogP contribution in [0.15, 0.2) is 0 Å². The number of carbonyl (C=O) groups is 2. The largest absolute Gasteiger partial charge is 0.481 e. The van der Waals surface area contributed by atoms with Crippen molar-refractivity contribution in [1.29, 1.82) is 0 Å². The van der Waals surface area contributed by atoms with Crippen molar-refractivity contribution in [2.45, 2.75) is 39.0 Å². The van der Waals surface area contributed by atoms with Gasteiger partial charge in [0.25, 0.3) is 0 Å². The summed E-state index contributed by atoms with van der Waals surface area (Å²) >= 11 is 0. The molecule has 0 bridgehead atoms. The van der Waals surface area contributed by atoms with Gasteiger partial charge in [0, 0.05) is 20.1 Å². The van der Waals surface area contributed by atoms with Gasteiger partial charge in [0.15, 0.2) is 0 Å². The number of rotatable bonds is 10. The van der Waals surface area contributed by atoms with Crippen LogP contribution in [0.4, 0.5) is 0 Å². The molecule has 2 N–H and O–H groups in total. The van der Waals surface area contributed by atoms with Gasteiger partial charge in [-0.1, -0.05) is 19.8 Å². The molecule has 17 heavy (non-hydrogen) atoms. The maximum absolute atomic E-state index is 11.4. The van der Waals surface area contributed by atoms with Gasteiger partial charge in [-0.2, -0.15) is 0 Å². The summed E-state index contributed by atoms with van der Waals surface area (Å²) in [5.41, 5.74) is 0. The first kappa shape index (κ1) is 15.9. The predicted octanol–water partition coefficient (Wildman–Crippen LogP) is 1.42. The van der Waals surface area contributed by atoms with E-state index in [0.29, 0.717) is 19.6 Å². The summed E-state index contributed by atoms with van der Waals surface area (Å²) in [6.45, 7) is 2.91. The zero-order valence-electron chi connectivity index (χ0n) is 10.7. The molecule has 0 heterocycles. The molecule has 5 nitrogen and oxygen atoms in total. The number of ether oxygens (including phenoxy) is 1. The molecular weight excluding hydrogens is 222 g/mol. The maximum atomic E-state index is 11.4. The molecule has 1 unspecified atom stereocenters. The van der Waals surface area contributed by atoms with Gasteiger partial charge in [0.1, 0.15) is 0 Å². The monoisotopic (exact) mass is 245 g/mol. The average Bonchev–Trinajstić information content (AvgIpc) is 2.27. The molecule has 0 fully saturated rings. The van der Waals surface area contributed by atoms with Crippen LogP contribution in [0.1, 0.15) is 39.0 Å². The van der Waals surface area contributed by atoms with E-state index in [1.165, 1.54) is 0 Å². The number of unbranched alkanes of at least 4 members (excludes halogenated alkanes) is 3. The first-order valence-corrected chi connectivity index (χ1v) is 6.06. The Morgan fingerprint density at radius 2 is 1.88 bits per heavy atom. The molecule has 0 saturated carbocycles. The normalized spacial score (nSPS) is 12.1. The first-order valence-electron chi connectivity index (χ1n) is 6.06. The lowest BCUT2D eigenvalue weighted by Gasteiger charge is -2.10. The van der Waals surface area contributed by atoms with E-state index in [1.54, 1.807) is 7.11 Å². The van der Waals surface area contributed by atoms with Gasteiger partial charge in [-0.25, -0.2) is 0 Å². The topological polar surface area (TPSA) is 75.6 Å². The van der Waals surface area contributed by atoms with Crippen molar-refractivity contribution < 1.29 is 19.4 Å². The highest BCUT2D eigenvalue weighted by molar-refractivity contribution is 5.78. The number of nitrogens with one attached hydrogen (secondary N) is 1. The molecule has 0 rings (SSSR count). The third-order valence-electron chi connectivity index (χ3n) is 2.48. The average molecular weight is 245 g/mol. The van der Waals surface area contributed by atoms with Crippen LogP contribution in [-0.2, 0) is 14.3 Å². The van der Waals surface area contributed by atoms with Crippen molar-refractivity contribution in [3.63, 3.8) is 0 Å². The quantitative estimate of drug-likeness (QED) is 0.571. The Morgan fingerprint density at radius 1 is 1.24 bits per heavy atom. The van der Waals surface area contributed by atoms with Crippen molar-refractivity contribution in [2.24, 2.45) is 5.92 Å². The third-order valence-corrected chi connectivity index (χ3v) is 2.48. The van der Waals surface area contributed by atoms with E-state index in [0.717, 1.165) is 19.3 Å². The van der Waals surface area contributed by atoms with Crippen molar-refractivity contribution in [1.82, 2.24) is 5.32 Å². The summed E-state index contributed by atoms with van der Waals surface area (Å²) in [6, 6.07) is 0. The van der Waals surface area contributed by atoms with Gasteiger partial charge in [0.2, 0.25) is 5.91 Å². The van der Waals surface area contributed by atoms with Gasteiger partial charge < -0.3 is 15.2 Å². The fourth-order valence-corrected chi connectivity index (χ4v) is 1.47. The maximum Gasteiger partial charge on any atom is 0.303 e. The highest BCUT2D eigenvalue weighted by atomic mass is 16.5. The minimum absolute atomic E-state index is 0.0115. The van der Waals surface area contributed by atoms with Crippen molar-refractivity contribution in [2.75, 3.05) is 20.3 Å². The fraction of sp³-hybridized carbons (Fsp3) is 0.833. The lowest BCUT2D eigenvalue weighted by molar-refractivity contribution is -0.137. The molecule has 0 aliphatic carbocycles. The number of carboxylic acid groups (broad SMARTS) is 1. The lowest BCUT2D eigenvalue weighted by atomic mass is 10.1. The van der Waals surface area contributed by atoms with Crippen LogP contribution in [0, 0.1) is 5.92 Å². The van der Waals surface area contributed by atoms with E-state index in [1.807, 2.05) is 6.92 Å². The molecule has 0 radical (unpaired) electrons. The Bertz CT molecular complexity index is 231. The molecule has 0 aromatic carbocycles. The Balaban J connectivity index is 3.33.